The first-order chi connectivity index (χ1) is 11.3. The van der Waals surface area contributed by atoms with Crippen LogP contribution in [0.5, 0.6) is 11.8 Å². The Morgan fingerprint density at radius 1 is 1.00 bits per heavy atom. The third kappa shape index (κ3) is 3.61. The number of pyridine rings is 1. The van der Waals surface area contributed by atoms with Crippen molar-refractivity contribution in [2.24, 2.45) is 0 Å². The summed E-state index contributed by atoms with van der Waals surface area (Å²) in [7, 11) is 1.61. The Kier molecular flexibility index (Phi) is 4.75. The van der Waals surface area contributed by atoms with E-state index in [4.69, 9.17) is 9.47 Å². The molecule has 1 aliphatic rings. The molecule has 3 heterocycles. The average molecular weight is 315 g/mol. The minimum Gasteiger partial charge on any atom is -0.481 e. The van der Waals surface area contributed by atoms with Gasteiger partial charge in [0.15, 0.2) is 0 Å². The Morgan fingerprint density at radius 2 is 1.78 bits per heavy atom. The van der Waals surface area contributed by atoms with E-state index in [1.165, 1.54) is 0 Å². The third-order valence-electron chi connectivity index (χ3n) is 3.71. The molecule has 2 aromatic rings. The van der Waals surface area contributed by atoms with Crippen molar-refractivity contribution in [3.8, 4) is 11.8 Å². The van der Waals surface area contributed by atoms with E-state index < -0.39 is 0 Å². The highest BCUT2D eigenvalue weighted by molar-refractivity contribution is 5.44. The highest BCUT2D eigenvalue weighted by atomic mass is 16.5. The number of hydrogen-bond donors (Lipinski definition) is 0. The Morgan fingerprint density at radius 3 is 2.52 bits per heavy atom. The van der Waals surface area contributed by atoms with Gasteiger partial charge in [-0.1, -0.05) is 6.07 Å². The minimum atomic E-state index is 0.587. The molecule has 0 saturated carbocycles. The van der Waals surface area contributed by atoms with E-state index in [1.807, 2.05) is 25.1 Å². The Labute approximate surface area is 135 Å². The van der Waals surface area contributed by atoms with Gasteiger partial charge in [0.05, 0.1) is 13.7 Å². The van der Waals surface area contributed by atoms with Gasteiger partial charge in [-0.25, -0.2) is 4.98 Å². The van der Waals surface area contributed by atoms with Crippen LogP contribution in [0.4, 0.5) is 11.8 Å². The second-order valence-corrected chi connectivity index (χ2v) is 5.14. The van der Waals surface area contributed by atoms with Gasteiger partial charge in [0, 0.05) is 44.5 Å². The molecule has 1 fully saturated rings. The van der Waals surface area contributed by atoms with Gasteiger partial charge in [-0.3, -0.25) is 0 Å². The van der Waals surface area contributed by atoms with Gasteiger partial charge in [-0.2, -0.15) is 9.97 Å². The first-order valence-corrected chi connectivity index (χ1v) is 7.77. The number of piperazine rings is 1. The third-order valence-corrected chi connectivity index (χ3v) is 3.71. The number of nitrogens with zero attached hydrogens (tertiary/aromatic N) is 5. The molecule has 1 saturated heterocycles. The largest absolute Gasteiger partial charge is 0.481 e. The maximum absolute atomic E-state index is 5.47. The second-order valence-electron chi connectivity index (χ2n) is 5.14. The van der Waals surface area contributed by atoms with E-state index in [2.05, 4.69) is 24.8 Å². The van der Waals surface area contributed by atoms with Crippen molar-refractivity contribution in [3.63, 3.8) is 0 Å². The van der Waals surface area contributed by atoms with Crippen LogP contribution in [0.3, 0.4) is 0 Å². The average Bonchev–Trinajstić information content (AvgIpc) is 2.62. The second kappa shape index (κ2) is 7.13. The standard InChI is InChI=1S/C16H21N5O2/c1-3-23-15-6-4-5-13(18-15)20-9-11-21(12-10-20)16-17-8-7-14(19-16)22-2/h4-8H,3,9-12H2,1-2H3. The molecule has 0 spiro atoms. The normalized spacial score (nSPS) is 14.7. The molecule has 0 aromatic carbocycles. The van der Waals surface area contributed by atoms with E-state index in [1.54, 1.807) is 19.4 Å². The molecule has 7 heteroatoms. The van der Waals surface area contributed by atoms with Crippen LogP contribution in [0.15, 0.2) is 30.5 Å². The maximum atomic E-state index is 5.47. The van der Waals surface area contributed by atoms with Crippen LogP contribution in [0, 0.1) is 0 Å². The zero-order valence-electron chi connectivity index (χ0n) is 13.5. The highest BCUT2D eigenvalue weighted by Gasteiger charge is 2.20. The summed E-state index contributed by atoms with van der Waals surface area (Å²) >= 11 is 0. The lowest BCUT2D eigenvalue weighted by Gasteiger charge is -2.35. The molecular weight excluding hydrogens is 294 g/mol. The molecule has 0 atom stereocenters. The molecule has 0 radical (unpaired) electrons. The molecule has 2 aromatic heterocycles. The quantitative estimate of drug-likeness (QED) is 0.830. The molecule has 0 N–H and O–H groups in total. The van der Waals surface area contributed by atoms with Crippen molar-refractivity contribution in [3.05, 3.63) is 30.5 Å². The fourth-order valence-corrected chi connectivity index (χ4v) is 2.54. The van der Waals surface area contributed by atoms with Crippen molar-refractivity contribution in [2.75, 3.05) is 49.7 Å². The number of methoxy groups -OCH3 is 1. The lowest BCUT2D eigenvalue weighted by Crippen LogP contribution is -2.47. The van der Waals surface area contributed by atoms with Crippen LogP contribution in [-0.2, 0) is 0 Å². The summed E-state index contributed by atoms with van der Waals surface area (Å²) in [6.45, 7) is 5.99. The Hall–Kier alpha value is -2.57. The van der Waals surface area contributed by atoms with Crippen molar-refractivity contribution in [1.29, 1.82) is 0 Å². The lowest BCUT2D eigenvalue weighted by atomic mass is 10.3. The number of rotatable bonds is 5. The zero-order valence-corrected chi connectivity index (χ0v) is 13.5. The van der Waals surface area contributed by atoms with E-state index in [0.29, 0.717) is 24.3 Å². The molecule has 0 amide bonds. The summed E-state index contributed by atoms with van der Waals surface area (Å²) < 4.78 is 10.6. The number of hydrogen-bond acceptors (Lipinski definition) is 7. The number of anilines is 2. The molecule has 122 valence electrons. The molecule has 1 aliphatic heterocycles. The van der Waals surface area contributed by atoms with Crippen LogP contribution in [0.1, 0.15) is 6.92 Å². The summed E-state index contributed by atoms with van der Waals surface area (Å²) in [4.78, 5) is 17.7. The summed E-state index contributed by atoms with van der Waals surface area (Å²) in [5, 5.41) is 0. The van der Waals surface area contributed by atoms with Crippen LogP contribution in [0.25, 0.3) is 0 Å². The molecule has 23 heavy (non-hydrogen) atoms. The van der Waals surface area contributed by atoms with Gasteiger partial charge in [0.1, 0.15) is 5.82 Å². The summed E-state index contributed by atoms with van der Waals surface area (Å²) in [6.07, 6.45) is 1.72. The topological polar surface area (TPSA) is 63.6 Å². The fraction of sp³-hybridized carbons (Fsp3) is 0.438. The molecule has 3 rings (SSSR count). The van der Waals surface area contributed by atoms with Gasteiger partial charge in [0.2, 0.25) is 17.7 Å². The molecule has 7 nitrogen and oxygen atoms in total. The van der Waals surface area contributed by atoms with Crippen molar-refractivity contribution >= 4 is 11.8 Å². The predicted octanol–water partition coefficient (Wildman–Crippen LogP) is 1.61. The molecular formula is C16H21N5O2. The van der Waals surface area contributed by atoms with Gasteiger partial charge in [-0.15, -0.1) is 0 Å². The summed E-state index contributed by atoms with van der Waals surface area (Å²) in [6, 6.07) is 7.63. The van der Waals surface area contributed by atoms with Crippen molar-refractivity contribution in [1.82, 2.24) is 15.0 Å². The highest BCUT2D eigenvalue weighted by Crippen LogP contribution is 2.20. The van der Waals surface area contributed by atoms with E-state index in [-0.39, 0.29) is 0 Å². The van der Waals surface area contributed by atoms with Gasteiger partial charge >= 0.3 is 0 Å². The van der Waals surface area contributed by atoms with E-state index in [0.717, 1.165) is 32.0 Å². The summed E-state index contributed by atoms with van der Waals surface area (Å²) in [5.41, 5.74) is 0. The van der Waals surface area contributed by atoms with E-state index >= 15 is 0 Å². The van der Waals surface area contributed by atoms with E-state index in [9.17, 15) is 0 Å². The van der Waals surface area contributed by atoms with Crippen molar-refractivity contribution in [2.45, 2.75) is 6.92 Å². The molecule has 0 aliphatic carbocycles. The number of aromatic nitrogens is 3. The van der Waals surface area contributed by atoms with Gasteiger partial charge < -0.3 is 19.3 Å². The monoisotopic (exact) mass is 315 g/mol. The van der Waals surface area contributed by atoms with Crippen LogP contribution in [-0.4, -0.2) is 54.8 Å². The minimum absolute atomic E-state index is 0.587. The van der Waals surface area contributed by atoms with Gasteiger partial charge in [0.25, 0.3) is 0 Å². The zero-order chi connectivity index (χ0) is 16.1. The van der Waals surface area contributed by atoms with Crippen LogP contribution in [0.2, 0.25) is 0 Å². The molecule has 0 unspecified atom stereocenters. The fourth-order valence-electron chi connectivity index (χ4n) is 2.54. The van der Waals surface area contributed by atoms with Crippen molar-refractivity contribution < 1.29 is 9.47 Å². The van der Waals surface area contributed by atoms with Crippen LogP contribution < -0.4 is 19.3 Å². The first-order valence-electron chi connectivity index (χ1n) is 7.77. The number of ether oxygens (including phenoxy) is 2. The Bertz CT molecular complexity index is 644. The predicted molar refractivity (Wildman–Crippen MR) is 88.4 cm³/mol. The lowest BCUT2D eigenvalue weighted by molar-refractivity contribution is 0.327. The maximum Gasteiger partial charge on any atom is 0.228 e. The smallest absolute Gasteiger partial charge is 0.228 e. The molecule has 0 bridgehead atoms. The SMILES string of the molecule is CCOc1cccc(N2CCN(c3nccc(OC)n3)CC2)n1. The summed E-state index contributed by atoms with van der Waals surface area (Å²) in [5.74, 6) is 2.91. The Balaban J connectivity index is 1.65. The first kappa shape index (κ1) is 15.3. The van der Waals surface area contributed by atoms with Crippen LogP contribution >= 0.6 is 0 Å². The van der Waals surface area contributed by atoms with Gasteiger partial charge in [-0.05, 0) is 13.0 Å².